The Morgan fingerprint density at radius 3 is 2.88 bits per heavy atom. The van der Waals surface area contributed by atoms with Gasteiger partial charge in [-0.25, -0.2) is 13.3 Å². The van der Waals surface area contributed by atoms with Gasteiger partial charge in [-0.1, -0.05) is 6.07 Å². The van der Waals surface area contributed by atoms with Crippen LogP contribution in [-0.2, 0) is 0 Å². The summed E-state index contributed by atoms with van der Waals surface area (Å²) in [5.74, 6) is -2.27. The quantitative estimate of drug-likeness (QED) is 0.771. The monoisotopic (exact) mass is 344 g/mol. The molecule has 0 aliphatic carbocycles. The van der Waals surface area contributed by atoms with Crippen LogP contribution in [0.15, 0.2) is 43.0 Å². The molecule has 1 aliphatic rings. The van der Waals surface area contributed by atoms with Crippen LogP contribution in [0.25, 0.3) is 5.52 Å². The second kappa shape index (κ2) is 5.89. The number of benzene rings is 1. The number of hydrogen-bond acceptors (Lipinski definition) is 4. The molecule has 1 aliphatic heterocycles. The summed E-state index contributed by atoms with van der Waals surface area (Å²) in [4.78, 5) is 18.4. The van der Waals surface area contributed by atoms with E-state index in [-0.39, 0.29) is 18.9 Å². The maximum atomic E-state index is 13.6. The molecule has 2 aromatic heterocycles. The zero-order valence-corrected chi connectivity index (χ0v) is 13.0. The highest BCUT2D eigenvalue weighted by Crippen LogP contribution is 2.34. The van der Waals surface area contributed by atoms with E-state index in [0.717, 1.165) is 12.1 Å². The van der Waals surface area contributed by atoms with Crippen LogP contribution in [0.2, 0.25) is 0 Å². The van der Waals surface area contributed by atoms with Crippen molar-refractivity contribution in [3.8, 4) is 0 Å². The molecule has 2 atom stereocenters. The fraction of sp³-hybridized carbons (Fsp3) is 0.235. The van der Waals surface area contributed by atoms with Crippen molar-refractivity contribution in [2.45, 2.75) is 18.6 Å². The molecule has 0 saturated carbocycles. The van der Waals surface area contributed by atoms with Gasteiger partial charge in [0.25, 0.3) is 5.91 Å². The van der Waals surface area contributed by atoms with Crippen molar-refractivity contribution in [2.24, 2.45) is 0 Å². The summed E-state index contributed by atoms with van der Waals surface area (Å²) in [6.07, 6.45) is 5.66. The Balaban J connectivity index is 1.72. The van der Waals surface area contributed by atoms with Crippen LogP contribution >= 0.6 is 0 Å². The molecular weight excluding hydrogens is 330 g/mol. The van der Waals surface area contributed by atoms with E-state index >= 15 is 0 Å². The molecular formula is C17H14F2N4O2. The first-order valence-electron chi connectivity index (χ1n) is 7.76. The zero-order valence-electron chi connectivity index (χ0n) is 13.0. The van der Waals surface area contributed by atoms with Crippen molar-refractivity contribution in [1.29, 1.82) is 0 Å². The first-order valence-corrected chi connectivity index (χ1v) is 7.76. The standard InChI is InChI=1S/C17H14F2N4O2/c18-13-2-1-10(5-14(13)19)15-6-11(24)9-22(15)17(25)12-7-21-23-4-3-20-8-16(12)23/h1-5,7-8,11,15,24H,6,9H2/t11-,15-/m0/s1. The molecule has 8 heteroatoms. The third-order valence-electron chi connectivity index (χ3n) is 4.42. The predicted octanol–water partition coefficient (Wildman–Crippen LogP) is 1.96. The lowest BCUT2D eigenvalue weighted by molar-refractivity contribution is 0.0717. The number of aliphatic hydroxyl groups excluding tert-OH is 1. The minimum Gasteiger partial charge on any atom is -0.391 e. The summed E-state index contributed by atoms with van der Waals surface area (Å²) < 4.78 is 28.3. The Morgan fingerprint density at radius 1 is 1.24 bits per heavy atom. The van der Waals surface area contributed by atoms with Crippen molar-refractivity contribution >= 4 is 11.4 Å². The maximum Gasteiger partial charge on any atom is 0.258 e. The van der Waals surface area contributed by atoms with Crippen molar-refractivity contribution in [3.63, 3.8) is 0 Å². The molecule has 0 bridgehead atoms. The molecule has 1 amide bonds. The Hall–Kier alpha value is -2.87. The highest BCUT2D eigenvalue weighted by Gasteiger charge is 2.37. The molecule has 0 radical (unpaired) electrons. The van der Waals surface area contributed by atoms with Crippen molar-refractivity contribution in [1.82, 2.24) is 19.5 Å². The van der Waals surface area contributed by atoms with Crippen LogP contribution in [0.3, 0.4) is 0 Å². The van der Waals surface area contributed by atoms with Crippen molar-refractivity contribution < 1.29 is 18.7 Å². The minimum atomic E-state index is -0.980. The Morgan fingerprint density at radius 2 is 2.08 bits per heavy atom. The molecule has 4 rings (SSSR count). The average Bonchev–Trinajstić information content (AvgIpc) is 3.20. The average molecular weight is 344 g/mol. The number of rotatable bonds is 2. The minimum absolute atomic E-state index is 0.111. The molecule has 6 nitrogen and oxygen atoms in total. The third kappa shape index (κ3) is 2.64. The number of amides is 1. The number of likely N-dealkylation sites (tertiary alicyclic amines) is 1. The van der Waals surface area contributed by atoms with E-state index in [1.54, 1.807) is 12.4 Å². The van der Waals surface area contributed by atoms with Crippen LogP contribution in [-0.4, -0.2) is 43.2 Å². The van der Waals surface area contributed by atoms with Crippen LogP contribution in [0.4, 0.5) is 8.78 Å². The van der Waals surface area contributed by atoms with Gasteiger partial charge in [0.2, 0.25) is 0 Å². The number of fused-ring (bicyclic) bond motifs is 1. The fourth-order valence-electron chi connectivity index (χ4n) is 3.23. The molecule has 128 valence electrons. The van der Waals surface area contributed by atoms with Gasteiger partial charge < -0.3 is 10.0 Å². The Bertz CT molecular complexity index is 959. The van der Waals surface area contributed by atoms with Crippen LogP contribution in [0.5, 0.6) is 0 Å². The summed E-state index contributed by atoms with van der Waals surface area (Å²) in [6, 6.07) is 2.98. The maximum absolute atomic E-state index is 13.6. The highest BCUT2D eigenvalue weighted by molar-refractivity contribution is 6.00. The van der Waals surface area contributed by atoms with Gasteiger partial charge in [-0.2, -0.15) is 5.10 Å². The molecule has 1 aromatic carbocycles. The first-order chi connectivity index (χ1) is 12.0. The number of halogens is 2. The van der Waals surface area contributed by atoms with E-state index in [2.05, 4.69) is 10.1 Å². The van der Waals surface area contributed by atoms with Gasteiger partial charge >= 0.3 is 0 Å². The van der Waals surface area contributed by atoms with Gasteiger partial charge in [0.05, 0.1) is 35.6 Å². The van der Waals surface area contributed by atoms with Gasteiger partial charge in [0, 0.05) is 18.9 Å². The summed E-state index contributed by atoms with van der Waals surface area (Å²) >= 11 is 0. The summed E-state index contributed by atoms with van der Waals surface area (Å²) in [6.45, 7) is 0.111. The Labute approximate surface area is 141 Å². The van der Waals surface area contributed by atoms with E-state index in [9.17, 15) is 18.7 Å². The van der Waals surface area contributed by atoms with Crippen molar-refractivity contribution in [2.75, 3.05) is 6.54 Å². The van der Waals surface area contributed by atoms with Gasteiger partial charge in [-0.15, -0.1) is 0 Å². The van der Waals surface area contributed by atoms with Crippen LogP contribution in [0.1, 0.15) is 28.4 Å². The SMILES string of the molecule is O=C(c1cnn2ccncc12)N1C[C@@H](O)C[C@H]1c1ccc(F)c(F)c1. The summed E-state index contributed by atoms with van der Waals surface area (Å²) in [7, 11) is 0. The molecule has 0 spiro atoms. The molecule has 1 saturated heterocycles. The summed E-state index contributed by atoms with van der Waals surface area (Å²) in [5, 5.41) is 14.1. The van der Waals surface area contributed by atoms with Gasteiger partial charge in [0.1, 0.15) is 0 Å². The van der Waals surface area contributed by atoms with Gasteiger partial charge in [0.15, 0.2) is 11.6 Å². The normalized spacial score (nSPS) is 20.4. The van der Waals surface area contributed by atoms with Gasteiger partial charge in [-0.05, 0) is 24.1 Å². The number of carbonyl (C=O) groups is 1. The highest BCUT2D eigenvalue weighted by atomic mass is 19.2. The third-order valence-corrected chi connectivity index (χ3v) is 4.42. The second-order valence-electron chi connectivity index (χ2n) is 6.00. The molecule has 1 fully saturated rings. The number of nitrogens with zero attached hydrogens (tertiary/aromatic N) is 4. The van der Waals surface area contributed by atoms with E-state index in [1.807, 2.05) is 0 Å². The second-order valence-corrected chi connectivity index (χ2v) is 6.00. The fourth-order valence-corrected chi connectivity index (χ4v) is 3.23. The lowest BCUT2D eigenvalue weighted by Gasteiger charge is -2.24. The zero-order chi connectivity index (χ0) is 17.6. The van der Waals surface area contributed by atoms with Crippen LogP contribution in [0, 0.1) is 11.6 Å². The van der Waals surface area contributed by atoms with E-state index in [1.165, 1.54) is 27.9 Å². The number of β-amino-alcohol motifs (C(OH)–C–C–N with tert-alkyl or cyclic N) is 1. The summed E-state index contributed by atoms with van der Waals surface area (Å²) in [5.41, 5.74) is 1.33. The molecule has 0 unspecified atom stereocenters. The number of carbonyl (C=O) groups excluding carboxylic acids is 1. The predicted molar refractivity (Wildman–Crippen MR) is 83.7 cm³/mol. The molecule has 3 heterocycles. The number of aliphatic hydroxyl groups is 1. The van der Waals surface area contributed by atoms with Crippen LogP contribution < -0.4 is 0 Å². The molecule has 25 heavy (non-hydrogen) atoms. The topological polar surface area (TPSA) is 70.7 Å². The lowest BCUT2D eigenvalue weighted by Crippen LogP contribution is -2.31. The van der Waals surface area contributed by atoms with E-state index < -0.39 is 23.8 Å². The Kier molecular flexibility index (Phi) is 3.69. The molecule has 3 aromatic rings. The van der Waals surface area contributed by atoms with Crippen molar-refractivity contribution in [3.05, 3.63) is 65.7 Å². The molecule has 1 N–H and O–H groups in total. The van der Waals surface area contributed by atoms with E-state index in [0.29, 0.717) is 16.6 Å². The van der Waals surface area contributed by atoms with E-state index in [4.69, 9.17) is 0 Å². The van der Waals surface area contributed by atoms with Gasteiger partial charge in [-0.3, -0.25) is 9.78 Å². The number of hydrogen-bond donors (Lipinski definition) is 1. The lowest BCUT2D eigenvalue weighted by atomic mass is 10.0. The smallest absolute Gasteiger partial charge is 0.258 e. The largest absolute Gasteiger partial charge is 0.391 e. The number of aromatic nitrogens is 3. The first kappa shape index (κ1) is 15.6.